The van der Waals surface area contributed by atoms with Gasteiger partial charge in [0.1, 0.15) is 12.1 Å². The van der Waals surface area contributed by atoms with E-state index in [1.165, 1.54) is 4.90 Å². The zero-order valence-electron chi connectivity index (χ0n) is 28.3. The Morgan fingerprint density at radius 3 is 2.17 bits per heavy atom. The molecule has 0 bridgehead atoms. The van der Waals surface area contributed by atoms with Gasteiger partial charge in [-0.15, -0.1) is 0 Å². The maximum Gasteiger partial charge on any atom is 0.290 e. The molecular weight excluding hydrogens is 588 g/mol. The number of piperidine rings is 1. The predicted octanol–water partition coefficient (Wildman–Crippen LogP) is 1.02. The molecule has 1 aromatic rings. The Hall–Kier alpha value is -3.80. The lowest BCUT2D eigenvalue weighted by Gasteiger charge is -2.37. The first-order chi connectivity index (χ1) is 21.5. The smallest absolute Gasteiger partial charge is 0.290 e. The van der Waals surface area contributed by atoms with Crippen molar-refractivity contribution in [3.05, 3.63) is 35.9 Å². The summed E-state index contributed by atoms with van der Waals surface area (Å²) >= 11 is 0. The molecular formula is C34H50N6O6. The molecule has 46 heavy (non-hydrogen) atoms. The van der Waals surface area contributed by atoms with Gasteiger partial charge in [0.15, 0.2) is 0 Å². The number of Topliss-reactive ketones (excluding diaryl/α,β-unsaturated/α-hetero) is 1. The number of rotatable bonds is 13. The Morgan fingerprint density at radius 1 is 1.00 bits per heavy atom. The van der Waals surface area contributed by atoms with Crippen molar-refractivity contribution in [2.24, 2.45) is 28.6 Å². The fourth-order valence-corrected chi connectivity index (χ4v) is 6.89. The minimum absolute atomic E-state index is 0.0504. The van der Waals surface area contributed by atoms with Crippen LogP contribution in [0.25, 0.3) is 0 Å². The second-order valence-electron chi connectivity index (χ2n) is 14.9. The summed E-state index contributed by atoms with van der Waals surface area (Å²) in [5.41, 5.74) is 0.0700. The van der Waals surface area contributed by atoms with E-state index >= 15 is 0 Å². The molecule has 0 spiro atoms. The molecule has 1 aromatic carbocycles. The molecule has 1 saturated heterocycles. The third-order valence-electron chi connectivity index (χ3n) is 9.82. The van der Waals surface area contributed by atoms with Crippen LogP contribution in [-0.2, 0) is 28.8 Å². The highest BCUT2D eigenvalue weighted by molar-refractivity contribution is 6.38. The van der Waals surface area contributed by atoms with Crippen LogP contribution in [0, 0.1) is 28.6 Å². The first-order valence-corrected chi connectivity index (χ1v) is 16.1. The van der Waals surface area contributed by atoms with Crippen molar-refractivity contribution in [1.82, 2.24) is 31.1 Å². The normalized spacial score (nSPS) is 23.3. The van der Waals surface area contributed by atoms with Gasteiger partial charge < -0.3 is 31.1 Å². The van der Waals surface area contributed by atoms with Crippen LogP contribution in [0.4, 0.5) is 0 Å². The molecule has 3 fully saturated rings. The van der Waals surface area contributed by atoms with Crippen LogP contribution >= 0.6 is 0 Å². The van der Waals surface area contributed by atoms with Crippen LogP contribution in [0.5, 0.6) is 0 Å². The number of benzene rings is 1. The Bertz CT molecular complexity index is 1350. The number of carbonyl (C=O) groups excluding carboxylic acids is 6. The first-order valence-electron chi connectivity index (χ1n) is 16.1. The maximum atomic E-state index is 13.9. The van der Waals surface area contributed by atoms with Gasteiger partial charge in [-0.25, -0.2) is 0 Å². The van der Waals surface area contributed by atoms with Crippen LogP contribution in [0.15, 0.2) is 30.3 Å². The van der Waals surface area contributed by atoms with Gasteiger partial charge in [-0.1, -0.05) is 77.8 Å². The lowest BCUT2D eigenvalue weighted by atomic mass is 9.85. The number of hydrogen-bond donors (Lipinski definition) is 4. The third-order valence-corrected chi connectivity index (χ3v) is 9.82. The summed E-state index contributed by atoms with van der Waals surface area (Å²) in [5, 5.41) is 11.0. The number of amides is 5. The van der Waals surface area contributed by atoms with Crippen molar-refractivity contribution in [2.45, 2.75) is 78.0 Å². The van der Waals surface area contributed by atoms with E-state index in [1.54, 1.807) is 56.4 Å². The number of nitrogens with one attached hydrogen (secondary N) is 4. The Labute approximate surface area is 271 Å². The summed E-state index contributed by atoms with van der Waals surface area (Å²) in [5.74, 6) is -3.11. The summed E-state index contributed by atoms with van der Waals surface area (Å²) in [4.78, 5) is 82.7. The van der Waals surface area contributed by atoms with Gasteiger partial charge in [0.05, 0.1) is 18.6 Å². The second kappa shape index (κ2) is 13.5. The van der Waals surface area contributed by atoms with Gasteiger partial charge in [-0.05, 0) is 47.6 Å². The molecule has 5 unspecified atom stereocenters. The number of carbonyl (C=O) groups is 6. The molecule has 6 atom stereocenters. The Kier molecular flexibility index (Phi) is 10.3. The van der Waals surface area contributed by atoms with Crippen LogP contribution in [0.2, 0.25) is 0 Å². The number of ketones is 1. The first kappa shape index (κ1) is 35.1. The van der Waals surface area contributed by atoms with Gasteiger partial charge in [-0.2, -0.15) is 0 Å². The van der Waals surface area contributed by atoms with Gasteiger partial charge in [-0.3, -0.25) is 28.8 Å². The fraction of sp³-hybridized carbons (Fsp3) is 0.647. The van der Waals surface area contributed by atoms with Gasteiger partial charge in [0.25, 0.3) is 5.91 Å². The molecule has 2 aliphatic carbocycles. The third kappa shape index (κ3) is 7.59. The Balaban J connectivity index is 1.43. The van der Waals surface area contributed by atoms with Crippen molar-refractivity contribution < 1.29 is 28.8 Å². The minimum Gasteiger partial charge on any atom is -0.347 e. The van der Waals surface area contributed by atoms with Crippen molar-refractivity contribution in [2.75, 3.05) is 34.2 Å². The van der Waals surface area contributed by atoms with Gasteiger partial charge >= 0.3 is 0 Å². The van der Waals surface area contributed by atoms with E-state index in [-0.39, 0.29) is 40.4 Å². The lowest BCUT2D eigenvalue weighted by Crippen LogP contribution is -2.59. The highest BCUT2D eigenvalue weighted by Gasteiger charge is 2.69. The lowest BCUT2D eigenvalue weighted by molar-refractivity contribution is -0.145. The Morgan fingerprint density at radius 2 is 1.63 bits per heavy atom. The zero-order chi connectivity index (χ0) is 34.1. The molecule has 0 aromatic heterocycles. The molecule has 1 aliphatic heterocycles. The fourth-order valence-electron chi connectivity index (χ4n) is 6.89. The van der Waals surface area contributed by atoms with Crippen molar-refractivity contribution in [3.63, 3.8) is 0 Å². The van der Waals surface area contributed by atoms with Gasteiger partial charge in [0.2, 0.25) is 29.4 Å². The van der Waals surface area contributed by atoms with Crippen LogP contribution in [0.3, 0.4) is 0 Å². The topological polar surface area (TPSA) is 157 Å². The van der Waals surface area contributed by atoms with Crippen molar-refractivity contribution in [3.8, 4) is 0 Å². The molecule has 4 N–H and O–H groups in total. The van der Waals surface area contributed by atoms with Crippen LogP contribution in [0.1, 0.15) is 65.5 Å². The summed E-state index contributed by atoms with van der Waals surface area (Å²) < 4.78 is 0. The summed E-state index contributed by atoms with van der Waals surface area (Å²) in [6.45, 7) is 10.00. The summed E-state index contributed by atoms with van der Waals surface area (Å²) in [7, 11) is 4.89. The highest BCUT2D eigenvalue weighted by Crippen LogP contribution is 2.65. The number of nitrogens with zero attached hydrogens (tertiary/aromatic N) is 2. The number of fused-ring (bicyclic) bond motifs is 1. The quantitative estimate of drug-likeness (QED) is 0.235. The molecule has 3 aliphatic rings. The van der Waals surface area contributed by atoms with E-state index < -0.39 is 54.2 Å². The summed E-state index contributed by atoms with van der Waals surface area (Å²) in [6, 6.07) is 5.42. The second-order valence-corrected chi connectivity index (χ2v) is 14.9. The van der Waals surface area contributed by atoms with Crippen molar-refractivity contribution in [1.29, 1.82) is 0 Å². The maximum absolute atomic E-state index is 13.9. The van der Waals surface area contributed by atoms with E-state index in [0.29, 0.717) is 18.5 Å². The van der Waals surface area contributed by atoms with Crippen molar-refractivity contribution >= 4 is 35.3 Å². The standard InChI is InChI=1S/C34H50N6O6/c1-33(2,3)28(35-6)32(46)40-18-21-24(34(21,4)5)26(40)29(43)37-22(16-19-14-15-19)27(42)30(44)36-17-23(41)38-25(31(45)39(7)8)20-12-10-9-11-13-20/h9-13,19,21-22,24-26,28,35H,14-18H2,1-8H3,(H,36,44)(H,37,43)(H,38,41)/t21?,22?,24?,25-,26?,28?/m0/s1. The number of hydrogen-bond acceptors (Lipinski definition) is 7. The van der Waals surface area contributed by atoms with E-state index in [4.69, 9.17) is 0 Å². The molecule has 2 saturated carbocycles. The molecule has 12 nitrogen and oxygen atoms in total. The van der Waals surface area contributed by atoms with Crippen LogP contribution < -0.4 is 21.3 Å². The van der Waals surface area contributed by atoms with Gasteiger partial charge in [0, 0.05) is 20.6 Å². The molecule has 0 radical (unpaired) electrons. The molecule has 4 rings (SSSR count). The largest absolute Gasteiger partial charge is 0.347 e. The summed E-state index contributed by atoms with van der Waals surface area (Å²) in [6.07, 6.45) is 2.09. The van der Waals surface area contributed by atoms with Crippen LogP contribution in [-0.4, -0.2) is 97.5 Å². The molecule has 252 valence electrons. The molecule has 1 heterocycles. The predicted molar refractivity (Wildman–Crippen MR) is 172 cm³/mol. The minimum atomic E-state index is -1.09. The SMILES string of the molecule is CNC(C(=O)N1CC2C(C1C(=O)NC(CC1CC1)C(=O)C(=O)NCC(=O)N[C@H](C(=O)N(C)C)c1ccccc1)C2(C)C)C(C)(C)C. The van der Waals surface area contributed by atoms with E-state index in [1.807, 2.05) is 20.8 Å². The molecule has 12 heteroatoms. The monoisotopic (exact) mass is 638 g/mol. The number of likely N-dealkylation sites (tertiary alicyclic amines) is 1. The average molecular weight is 639 g/mol. The molecule has 5 amide bonds. The number of likely N-dealkylation sites (N-methyl/N-ethyl adjacent to an activating group) is 2. The van der Waals surface area contributed by atoms with E-state index in [9.17, 15) is 28.8 Å². The zero-order valence-corrected chi connectivity index (χ0v) is 28.3. The van der Waals surface area contributed by atoms with E-state index in [2.05, 4.69) is 35.1 Å². The van der Waals surface area contributed by atoms with E-state index in [0.717, 1.165) is 12.8 Å². The highest BCUT2D eigenvalue weighted by atomic mass is 16.2. The average Bonchev–Trinajstić information content (AvgIpc) is 3.84.